The molecular weight excluding hydrogens is 388 g/mol. The van der Waals surface area contributed by atoms with Crippen LogP contribution in [0.15, 0.2) is 30.3 Å². The predicted molar refractivity (Wildman–Crippen MR) is 118 cm³/mol. The summed E-state index contributed by atoms with van der Waals surface area (Å²) in [7, 11) is 0. The molecule has 4 fully saturated rings. The summed E-state index contributed by atoms with van der Waals surface area (Å²) in [6, 6.07) is 10.9. The zero-order chi connectivity index (χ0) is 21.8. The van der Waals surface area contributed by atoms with Crippen LogP contribution in [0.2, 0.25) is 0 Å². The van der Waals surface area contributed by atoms with Crippen molar-refractivity contribution in [3.63, 3.8) is 0 Å². The second kappa shape index (κ2) is 7.21. The fourth-order valence-corrected chi connectivity index (χ4v) is 7.04. The molecule has 4 bridgehead atoms. The smallest absolute Gasteiger partial charge is 0.260 e. The molecule has 4 aliphatic rings. The minimum atomic E-state index is -0.375. The van der Waals surface area contributed by atoms with Gasteiger partial charge in [-0.2, -0.15) is 5.10 Å². The van der Waals surface area contributed by atoms with Gasteiger partial charge in [-0.15, -0.1) is 0 Å². The Hall–Kier alpha value is -2.63. The summed E-state index contributed by atoms with van der Waals surface area (Å²) in [5, 5.41) is 4.32. The van der Waals surface area contributed by atoms with E-state index in [-0.39, 0.29) is 29.2 Å². The molecular formula is C25H32N4O2. The highest BCUT2D eigenvalue weighted by molar-refractivity contribution is 5.86. The molecule has 0 radical (unpaired) electrons. The van der Waals surface area contributed by atoms with Crippen LogP contribution in [0.4, 0.5) is 0 Å². The zero-order valence-electron chi connectivity index (χ0n) is 18.7. The van der Waals surface area contributed by atoms with Crippen LogP contribution in [0.5, 0.6) is 0 Å². The molecule has 1 heterocycles. The number of carbonyl (C=O) groups excluding carboxylic acids is 2. The van der Waals surface area contributed by atoms with Gasteiger partial charge in [0.25, 0.3) is 5.91 Å². The maximum absolute atomic E-state index is 13.4. The van der Waals surface area contributed by atoms with Crippen LogP contribution in [-0.4, -0.2) is 21.6 Å². The summed E-state index contributed by atoms with van der Waals surface area (Å²) in [6.45, 7) is 6.05. The van der Waals surface area contributed by atoms with Crippen molar-refractivity contribution in [2.45, 2.75) is 71.3 Å². The van der Waals surface area contributed by atoms with Crippen molar-refractivity contribution in [3.8, 4) is 0 Å². The predicted octanol–water partition coefficient (Wildman–Crippen LogP) is 3.49. The van der Waals surface area contributed by atoms with Crippen molar-refractivity contribution >= 4 is 11.8 Å². The van der Waals surface area contributed by atoms with Gasteiger partial charge in [0.15, 0.2) is 0 Å². The lowest BCUT2D eigenvalue weighted by Gasteiger charge is -2.61. The first-order valence-electron chi connectivity index (χ1n) is 11.4. The third-order valence-electron chi connectivity index (χ3n) is 7.92. The fraction of sp³-hybridized carbons (Fsp3) is 0.560. The molecule has 1 aromatic heterocycles. The number of benzene rings is 1. The van der Waals surface area contributed by atoms with Crippen molar-refractivity contribution in [2.24, 2.45) is 17.3 Å². The molecule has 4 aliphatic carbocycles. The Morgan fingerprint density at radius 2 is 1.71 bits per heavy atom. The van der Waals surface area contributed by atoms with Gasteiger partial charge in [-0.25, -0.2) is 0 Å². The summed E-state index contributed by atoms with van der Waals surface area (Å²) < 4.78 is 1.66. The van der Waals surface area contributed by atoms with E-state index in [1.807, 2.05) is 19.9 Å². The van der Waals surface area contributed by atoms with Crippen LogP contribution in [-0.2, 0) is 21.5 Å². The van der Waals surface area contributed by atoms with Gasteiger partial charge >= 0.3 is 0 Å². The summed E-state index contributed by atoms with van der Waals surface area (Å²) in [5.41, 5.74) is 9.63. The molecule has 2 N–H and O–H groups in total. The van der Waals surface area contributed by atoms with Gasteiger partial charge in [0, 0.05) is 5.69 Å². The van der Waals surface area contributed by atoms with Crippen molar-refractivity contribution in [3.05, 3.63) is 52.8 Å². The van der Waals surface area contributed by atoms with Crippen LogP contribution in [0.25, 0.3) is 0 Å². The van der Waals surface area contributed by atoms with E-state index in [0.29, 0.717) is 11.8 Å². The van der Waals surface area contributed by atoms with Crippen LogP contribution in [0.1, 0.15) is 61.0 Å². The quantitative estimate of drug-likeness (QED) is 0.744. The molecule has 164 valence electrons. The second-order valence-corrected chi connectivity index (χ2v) is 10.5. The molecule has 2 aromatic rings. The average molecular weight is 421 g/mol. The molecule has 0 aliphatic heterocycles. The second-order valence-electron chi connectivity index (χ2n) is 10.5. The number of aryl methyl sites for hydroxylation is 3. The highest BCUT2D eigenvalue weighted by Gasteiger charge is 2.61. The van der Waals surface area contributed by atoms with Gasteiger partial charge in [0.05, 0.1) is 11.1 Å². The van der Waals surface area contributed by atoms with E-state index in [2.05, 4.69) is 47.1 Å². The number of amides is 2. The third-order valence-corrected chi connectivity index (χ3v) is 7.92. The van der Waals surface area contributed by atoms with E-state index in [0.717, 1.165) is 30.7 Å². The molecule has 2 atom stereocenters. The van der Waals surface area contributed by atoms with E-state index >= 15 is 0 Å². The number of hydrogen-bond donors (Lipinski definition) is 2. The van der Waals surface area contributed by atoms with E-state index in [4.69, 9.17) is 0 Å². The highest BCUT2D eigenvalue weighted by atomic mass is 16.2. The van der Waals surface area contributed by atoms with Gasteiger partial charge in [-0.05, 0) is 88.2 Å². The van der Waals surface area contributed by atoms with Crippen LogP contribution in [0.3, 0.4) is 0 Å². The van der Waals surface area contributed by atoms with Crippen LogP contribution in [0, 0.1) is 38.0 Å². The van der Waals surface area contributed by atoms with Gasteiger partial charge in [0.2, 0.25) is 5.91 Å². The molecule has 31 heavy (non-hydrogen) atoms. The maximum atomic E-state index is 13.4. The first-order chi connectivity index (χ1) is 14.8. The molecule has 1 aromatic carbocycles. The van der Waals surface area contributed by atoms with Gasteiger partial charge in [0.1, 0.15) is 6.54 Å². The van der Waals surface area contributed by atoms with Crippen molar-refractivity contribution in [1.29, 1.82) is 0 Å². The number of rotatable bonds is 4. The third kappa shape index (κ3) is 3.56. The first kappa shape index (κ1) is 20.3. The molecule has 0 spiro atoms. The molecule has 6 nitrogen and oxygen atoms in total. The minimum Gasteiger partial charge on any atom is -0.273 e. The van der Waals surface area contributed by atoms with E-state index in [1.165, 1.54) is 30.4 Å². The lowest BCUT2D eigenvalue weighted by molar-refractivity contribution is -0.151. The Kier molecular flexibility index (Phi) is 4.72. The highest BCUT2D eigenvalue weighted by Crippen LogP contribution is 2.65. The zero-order valence-corrected chi connectivity index (χ0v) is 18.7. The molecule has 2 unspecified atom stereocenters. The normalized spacial score (nSPS) is 30.9. The van der Waals surface area contributed by atoms with Gasteiger partial charge < -0.3 is 0 Å². The monoisotopic (exact) mass is 420 g/mol. The Morgan fingerprint density at radius 3 is 2.32 bits per heavy atom. The topological polar surface area (TPSA) is 76.0 Å². The number of hydrazine groups is 1. The minimum absolute atomic E-state index is 0.0141. The molecule has 6 rings (SSSR count). The molecule has 6 heteroatoms. The van der Waals surface area contributed by atoms with E-state index in [9.17, 15) is 9.59 Å². The Bertz CT molecular complexity index is 1010. The molecule has 2 amide bonds. The first-order valence-corrected chi connectivity index (χ1v) is 11.4. The lowest BCUT2D eigenvalue weighted by Crippen LogP contribution is -2.61. The van der Waals surface area contributed by atoms with E-state index < -0.39 is 0 Å². The van der Waals surface area contributed by atoms with Crippen LogP contribution >= 0.6 is 0 Å². The Morgan fingerprint density at radius 1 is 1.03 bits per heavy atom. The summed E-state index contributed by atoms with van der Waals surface area (Å²) >= 11 is 0. The molecule has 4 saturated carbocycles. The Balaban J connectivity index is 1.30. The maximum Gasteiger partial charge on any atom is 0.260 e. The average Bonchev–Trinajstić information content (AvgIpc) is 3.02. The van der Waals surface area contributed by atoms with Crippen molar-refractivity contribution < 1.29 is 9.59 Å². The number of carbonyl (C=O) groups is 2. The number of aromatic nitrogens is 2. The van der Waals surface area contributed by atoms with Crippen LogP contribution < -0.4 is 10.9 Å². The van der Waals surface area contributed by atoms with Gasteiger partial charge in [-0.3, -0.25) is 25.1 Å². The Labute approximate surface area is 183 Å². The SMILES string of the molecule is Cc1ccc(C23CC4CC(CC(C(=O)NNC(=O)Cn5nc(C)cc5C)(C4)C2)C3)cc1. The fourth-order valence-electron chi connectivity index (χ4n) is 7.04. The number of nitrogens with one attached hydrogen (secondary N) is 2. The van der Waals surface area contributed by atoms with Gasteiger partial charge in [-0.1, -0.05) is 29.8 Å². The largest absolute Gasteiger partial charge is 0.273 e. The number of nitrogens with zero attached hydrogens (tertiary/aromatic N) is 2. The number of hydrogen-bond acceptors (Lipinski definition) is 3. The van der Waals surface area contributed by atoms with E-state index in [1.54, 1.807) is 4.68 Å². The van der Waals surface area contributed by atoms with Crippen molar-refractivity contribution in [1.82, 2.24) is 20.6 Å². The van der Waals surface area contributed by atoms with Crippen molar-refractivity contribution in [2.75, 3.05) is 0 Å². The lowest BCUT2D eigenvalue weighted by atomic mass is 9.42. The summed E-state index contributed by atoms with van der Waals surface area (Å²) in [5.74, 6) is 0.926. The summed E-state index contributed by atoms with van der Waals surface area (Å²) in [4.78, 5) is 25.8. The summed E-state index contributed by atoms with van der Waals surface area (Å²) in [6.07, 6.45) is 6.38. The standard InChI is InChI=1S/C25H32N4O2/c1-16-4-6-21(7-5-16)24-10-19-9-20(11-24)13-25(12-19,15-24)23(31)27-26-22(30)14-29-18(3)8-17(2)28-29/h4-8,19-20H,9-15H2,1-3H3,(H,26,30)(H,27,31). The molecule has 0 saturated heterocycles.